The molecule has 0 aliphatic carbocycles. The highest BCUT2D eigenvalue weighted by atomic mass is 15.3. The summed E-state index contributed by atoms with van der Waals surface area (Å²) < 4.78 is 3.89. The van der Waals surface area contributed by atoms with Gasteiger partial charge in [-0.05, 0) is 40.8 Å². The number of anilines is 1. The SMILES string of the molecule is CC(c1ccc(Cn2cc3c(NCc4ccc5c(c4)CNC5)ncnc3n2)cc1)n1cccn1. The molecule has 1 atom stereocenters. The van der Waals surface area contributed by atoms with Crippen molar-refractivity contribution in [1.29, 1.82) is 0 Å². The number of rotatable bonds is 7. The van der Waals surface area contributed by atoms with Gasteiger partial charge in [0.15, 0.2) is 5.65 Å². The highest BCUT2D eigenvalue weighted by Crippen LogP contribution is 2.22. The van der Waals surface area contributed by atoms with Gasteiger partial charge in [0.25, 0.3) is 0 Å². The van der Waals surface area contributed by atoms with Gasteiger partial charge >= 0.3 is 0 Å². The smallest absolute Gasteiger partial charge is 0.186 e. The van der Waals surface area contributed by atoms with Crippen LogP contribution in [0.2, 0.25) is 0 Å². The molecule has 0 amide bonds. The molecule has 0 saturated carbocycles. The van der Waals surface area contributed by atoms with Crippen LogP contribution in [0.1, 0.15) is 40.8 Å². The zero-order chi connectivity index (χ0) is 22.9. The van der Waals surface area contributed by atoms with Gasteiger partial charge in [-0.25, -0.2) is 9.97 Å². The van der Waals surface area contributed by atoms with Crippen molar-refractivity contribution in [3.8, 4) is 0 Å². The van der Waals surface area contributed by atoms with Crippen LogP contribution >= 0.6 is 0 Å². The van der Waals surface area contributed by atoms with Crippen LogP contribution in [-0.2, 0) is 26.2 Å². The molecule has 1 aliphatic rings. The third-order valence-corrected chi connectivity index (χ3v) is 6.45. The summed E-state index contributed by atoms with van der Waals surface area (Å²) in [5.74, 6) is 0.804. The van der Waals surface area contributed by atoms with Crippen molar-refractivity contribution in [3.05, 3.63) is 101 Å². The summed E-state index contributed by atoms with van der Waals surface area (Å²) in [4.78, 5) is 8.85. The molecule has 8 nitrogen and oxygen atoms in total. The van der Waals surface area contributed by atoms with Crippen molar-refractivity contribution in [2.75, 3.05) is 5.32 Å². The molecule has 1 aliphatic heterocycles. The van der Waals surface area contributed by atoms with Crippen molar-refractivity contribution in [2.45, 2.75) is 39.1 Å². The number of nitrogens with one attached hydrogen (secondary N) is 2. The van der Waals surface area contributed by atoms with E-state index in [9.17, 15) is 0 Å². The van der Waals surface area contributed by atoms with E-state index in [2.05, 4.69) is 80.2 Å². The normalized spacial score (nSPS) is 13.8. The molecule has 5 aromatic rings. The van der Waals surface area contributed by atoms with Gasteiger partial charge in [-0.3, -0.25) is 9.36 Å². The lowest BCUT2D eigenvalue weighted by atomic mass is 10.1. The van der Waals surface area contributed by atoms with E-state index in [1.165, 1.54) is 27.8 Å². The lowest BCUT2D eigenvalue weighted by molar-refractivity contribution is 0.564. The first-order chi connectivity index (χ1) is 16.7. The first-order valence-corrected chi connectivity index (χ1v) is 11.5. The maximum atomic E-state index is 4.67. The maximum Gasteiger partial charge on any atom is 0.186 e. The fraction of sp³-hybridized carbons (Fsp3) is 0.231. The summed E-state index contributed by atoms with van der Waals surface area (Å²) in [5.41, 5.74) is 7.10. The zero-order valence-electron chi connectivity index (χ0n) is 19.0. The Morgan fingerprint density at radius 3 is 2.74 bits per heavy atom. The maximum absolute atomic E-state index is 4.67. The lowest BCUT2D eigenvalue weighted by Gasteiger charge is -2.13. The summed E-state index contributed by atoms with van der Waals surface area (Å²) in [6.45, 7) is 5.43. The fourth-order valence-electron chi connectivity index (χ4n) is 4.50. The highest BCUT2D eigenvalue weighted by molar-refractivity contribution is 5.85. The molecule has 4 heterocycles. The predicted molar refractivity (Wildman–Crippen MR) is 131 cm³/mol. The first-order valence-electron chi connectivity index (χ1n) is 11.5. The number of hydrogen-bond acceptors (Lipinski definition) is 6. The van der Waals surface area contributed by atoms with Gasteiger partial charge in [-0.15, -0.1) is 0 Å². The van der Waals surface area contributed by atoms with E-state index >= 15 is 0 Å². The van der Waals surface area contributed by atoms with Gasteiger partial charge in [0.1, 0.15) is 12.1 Å². The number of benzene rings is 2. The third kappa shape index (κ3) is 4.04. The Morgan fingerprint density at radius 1 is 1.03 bits per heavy atom. The van der Waals surface area contributed by atoms with Crippen LogP contribution in [0.4, 0.5) is 5.82 Å². The van der Waals surface area contributed by atoms with Gasteiger partial charge in [0, 0.05) is 38.2 Å². The Bertz CT molecular complexity index is 1420. The van der Waals surface area contributed by atoms with Crippen LogP contribution in [0.15, 0.2) is 73.4 Å². The second-order valence-corrected chi connectivity index (χ2v) is 8.75. The van der Waals surface area contributed by atoms with Crippen LogP contribution in [0.3, 0.4) is 0 Å². The van der Waals surface area contributed by atoms with E-state index in [4.69, 9.17) is 0 Å². The summed E-state index contributed by atoms with van der Waals surface area (Å²) >= 11 is 0. The van der Waals surface area contributed by atoms with Gasteiger partial charge in [-0.2, -0.15) is 10.2 Å². The second kappa shape index (κ2) is 8.72. The number of hydrogen-bond donors (Lipinski definition) is 2. The number of nitrogens with zero attached hydrogens (tertiary/aromatic N) is 6. The van der Waals surface area contributed by atoms with Gasteiger partial charge in [0.2, 0.25) is 0 Å². The largest absolute Gasteiger partial charge is 0.365 e. The second-order valence-electron chi connectivity index (χ2n) is 8.75. The number of fused-ring (bicyclic) bond motifs is 2. The molecule has 0 spiro atoms. The highest BCUT2D eigenvalue weighted by Gasteiger charge is 2.12. The van der Waals surface area contributed by atoms with Crippen molar-refractivity contribution in [3.63, 3.8) is 0 Å². The Morgan fingerprint density at radius 2 is 1.88 bits per heavy atom. The summed E-state index contributed by atoms with van der Waals surface area (Å²) in [7, 11) is 0. The standard InChI is InChI=1S/C26H26N8/c1-18(34-10-2-9-31-34)21-6-3-19(4-7-21)15-33-16-24-25(29-17-30-26(24)32-33)28-12-20-5-8-22-13-27-14-23(22)11-20/h2-11,16-18,27H,12-15H2,1H3,(H,28,29,30,32). The van der Waals surface area contributed by atoms with Gasteiger partial charge in [-0.1, -0.05) is 42.5 Å². The Balaban J connectivity index is 1.17. The summed E-state index contributed by atoms with van der Waals surface area (Å²) in [5, 5.41) is 16.8. The van der Waals surface area contributed by atoms with Gasteiger partial charge in [0.05, 0.1) is 18.0 Å². The monoisotopic (exact) mass is 450 g/mol. The third-order valence-electron chi connectivity index (χ3n) is 6.45. The van der Waals surface area contributed by atoms with E-state index in [0.29, 0.717) is 18.7 Å². The summed E-state index contributed by atoms with van der Waals surface area (Å²) in [6, 6.07) is 17.4. The minimum Gasteiger partial charge on any atom is -0.365 e. The zero-order valence-corrected chi connectivity index (χ0v) is 19.0. The Hall–Kier alpha value is -4.04. The van der Waals surface area contributed by atoms with Crippen LogP contribution < -0.4 is 10.6 Å². The van der Waals surface area contributed by atoms with E-state index in [-0.39, 0.29) is 6.04 Å². The van der Waals surface area contributed by atoms with Crippen LogP contribution in [0.5, 0.6) is 0 Å². The molecule has 1 unspecified atom stereocenters. The molecule has 2 aromatic carbocycles. The van der Waals surface area contributed by atoms with Crippen molar-refractivity contribution in [2.24, 2.45) is 0 Å². The molecule has 6 rings (SSSR count). The predicted octanol–water partition coefficient (Wildman–Crippen LogP) is 3.90. The Labute approximate surface area is 197 Å². The minimum atomic E-state index is 0.196. The van der Waals surface area contributed by atoms with Crippen LogP contribution in [-0.4, -0.2) is 29.5 Å². The van der Waals surface area contributed by atoms with Gasteiger partial charge < -0.3 is 10.6 Å². The molecule has 0 saturated heterocycles. The minimum absolute atomic E-state index is 0.196. The molecule has 8 heteroatoms. The van der Waals surface area contributed by atoms with Crippen molar-refractivity contribution >= 4 is 16.9 Å². The molecule has 0 fully saturated rings. The molecule has 34 heavy (non-hydrogen) atoms. The molecule has 0 bridgehead atoms. The molecule has 3 aromatic heterocycles. The van der Waals surface area contributed by atoms with Crippen molar-refractivity contribution < 1.29 is 0 Å². The number of aromatic nitrogens is 6. The Kier molecular flexibility index (Phi) is 5.27. The molecule has 2 N–H and O–H groups in total. The summed E-state index contributed by atoms with van der Waals surface area (Å²) in [6.07, 6.45) is 7.38. The van der Waals surface area contributed by atoms with E-state index in [1.807, 2.05) is 34.0 Å². The van der Waals surface area contributed by atoms with Crippen molar-refractivity contribution in [1.82, 2.24) is 34.8 Å². The first kappa shape index (κ1) is 20.6. The van der Waals surface area contributed by atoms with Crippen LogP contribution in [0, 0.1) is 0 Å². The average Bonchev–Trinajstić information content (AvgIpc) is 3.63. The lowest BCUT2D eigenvalue weighted by Crippen LogP contribution is -2.07. The van der Waals surface area contributed by atoms with Crippen LogP contribution in [0.25, 0.3) is 11.0 Å². The average molecular weight is 451 g/mol. The fourth-order valence-corrected chi connectivity index (χ4v) is 4.50. The molecule has 0 radical (unpaired) electrons. The van der Waals surface area contributed by atoms with E-state index in [1.54, 1.807) is 6.33 Å². The molecular formula is C26H26N8. The molecule has 170 valence electrons. The topological polar surface area (TPSA) is 85.5 Å². The quantitative estimate of drug-likeness (QED) is 0.391. The van der Waals surface area contributed by atoms with E-state index in [0.717, 1.165) is 24.3 Å². The molecular weight excluding hydrogens is 424 g/mol. The van der Waals surface area contributed by atoms with E-state index < -0.39 is 0 Å².